The van der Waals surface area contributed by atoms with Crippen LogP contribution in [0.15, 0.2) is 24.4 Å². The van der Waals surface area contributed by atoms with E-state index >= 15 is 0 Å². The number of hydrogen-bond acceptors (Lipinski definition) is 4. The maximum atomic E-state index is 12.4. The van der Waals surface area contributed by atoms with Gasteiger partial charge in [0.2, 0.25) is 0 Å². The first-order valence-electron chi connectivity index (χ1n) is 8.19. The second-order valence-corrected chi connectivity index (χ2v) is 6.89. The number of benzene rings is 1. The molecule has 1 aromatic carbocycles. The zero-order valence-corrected chi connectivity index (χ0v) is 15.4. The Morgan fingerprint density at radius 3 is 2.41 bits per heavy atom. The molecule has 2 rings (SSSR count). The smallest absolute Gasteiger partial charge is 0.471 e. The summed E-state index contributed by atoms with van der Waals surface area (Å²) in [6.45, 7) is 4.95. The third-order valence-corrected chi connectivity index (χ3v) is 3.62. The average molecular weight is 386 g/mol. The van der Waals surface area contributed by atoms with Crippen LogP contribution in [-0.2, 0) is 16.0 Å². The van der Waals surface area contributed by atoms with E-state index in [9.17, 15) is 22.8 Å². The maximum absolute atomic E-state index is 12.4. The van der Waals surface area contributed by atoms with Gasteiger partial charge in [0.1, 0.15) is 11.4 Å². The van der Waals surface area contributed by atoms with Crippen molar-refractivity contribution >= 4 is 22.9 Å². The highest BCUT2D eigenvalue weighted by molar-refractivity contribution is 5.93. The molecule has 0 aliphatic rings. The third kappa shape index (κ3) is 5.15. The molecule has 0 aliphatic heterocycles. The van der Waals surface area contributed by atoms with E-state index in [0.717, 1.165) is 0 Å². The molecule has 1 N–H and O–H groups in total. The summed E-state index contributed by atoms with van der Waals surface area (Å²) in [6.07, 6.45) is -3.95. The quantitative estimate of drug-likeness (QED) is 0.871. The van der Waals surface area contributed by atoms with Crippen LogP contribution in [0, 0.1) is 0 Å². The Bertz CT molecular complexity index is 851. The summed E-state index contributed by atoms with van der Waals surface area (Å²) in [5.74, 6) is -1.47. The molecule has 27 heavy (non-hydrogen) atoms. The maximum Gasteiger partial charge on any atom is 0.471 e. The van der Waals surface area contributed by atoms with Crippen molar-refractivity contribution in [3.8, 4) is 5.75 Å². The number of aromatic nitrogens is 1. The van der Waals surface area contributed by atoms with Crippen molar-refractivity contribution in [1.29, 1.82) is 0 Å². The van der Waals surface area contributed by atoms with Crippen LogP contribution in [0.25, 0.3) is 10.9 Å². The topological polar surface area (TPSA) is 69.6 Å². The predicted molar refractivity (Wildman–Crippen MR) is 92.9 cm³/mol. The SMILES string of the molecule is COc1ccc2c(c1)c(CCNC(=O)C(F)(F)F)cn2C(=O)OC(C)(C)C. The van der Waals surface area contributed by atoms with Crippen molar-refractivity contribution in [1.82, 2.24) is 9.88 Å². The molecule has 0 radical (unpaired) electrons. The molecule has 6 nitrogen and oxygen atoms in total. The second-order valence-electron chi connectivity index (χ2n) is 6.89. The van der Waals surface area contributed by atoms with Crippen LogP contribution in [-0.4, -0.2) is 42.0 Å². The van der Waals surface area contributed by atoms with E-state index in [0.29, 0.717) is 22.2 Å². The summed E-state index contributed by atoms with van der Waals surface area (Å²) in [5, 5.41) is 2.45. The number of halogens is 3. The fraction of sp³-hybridized carbons (Fsp3) is 0.444. The van der Waals surface area contributed by atoms with Gasteiger partial charge in [0.25, 0.3) is 0 Å². The molecule has 2 aromatic rings. The number of carbonyl (C=O) groups is 2. The number of rotatable bonds is 4. The Morgan fingerprint density at radius 1 is 1.19 bits per heavy atom. The molecule has 0 saturated carbocycles. The highest BCUT2D eigenvalue weighted by Crippen LogP contribution is 2.27. The van der Waals surface area contributed by atoms with Crippen LogP contribution in [0.1, 0.15) is 26.3 Å². The summed E-state index contributed by atoms with van der Waals surface area (Å²) in [6, 6.07) is 5.01. The van der Waals surface area contributed by atoms with E-state index in [1.165, 1.54) is 17.9 Å². The molecule has 0 spiro atoms. The van der Waals surface area contributed by atoms with Gasteiger partial charge in [-0.25, -0.2) is 4.79 Å². The lowest BCUT2D eigenvalue weighted by Crippen LogP contribution is -2.37. The monoisotopic (exact) mass is 386 g/mol. The number of methoxy groups -OCH3 is 1. The normalized spacial score (nSPS) is 12.1. The first-order valence-corrected chi connectivity index (χ1v) is 8.19. The Labute approximate surface area is 154 Å². The van der Waals surface area contributed by atoms with Gasteiger partial charge in [0.05, 0.1) is 12.6 Å². The molecule has 0 saturated heterocycles. The van der Waals surface area contributed by atoms with Crippen molar-refractivity contribution in [2.75, 3.05) is 13.7 Å². The van der Waals surface area contributed by atoms with E-state index in [-0.39, 0.29) is 13.0 Å². The van der Waals surface area contributed by atoms with Crippen LogP contribution < -0.4 is 10.1 Å². The van der Waals surface area contributed by atoms with Crippen LogP contribution in [0.2, 0.25) is 0 Å². The van der Waals surface area contributed by atoms with Gasteiger partial charge < -0.3 is 14.8 Å². The fourth-order valence-corrected chi connectivity index (χ4v) is 2.48. The van der Waals surface area contributed by atoms with E-state index < -0.39 is 23.8 Å². The van der Waals surface area contributed by atoms with Crippen LogP contribution in [0.5, 0.6) is 5.75 Å². The van der Waals surface area contributed by atoms with Gasteiger partial charge in [0.15, 0.2) is 0 Å². The molecule has 9 heteroatoms. The second kappa shape index (κ2) is 7.50. The molecular weight excluding hydrogens is 365 g/mol. The van der Waals surface area contributed by atoms with Gasteiger partial charge in [-0.3, -0.25) is 9.36 Å². The molecule has 0 atom stereocenters. The summed E-state index contributed by atoms with van der Waals surface area (Å²) in [5.41, 5.74) is 0.403. The minimum Gasteiger partial charge on any atom is -0.497 e. The Morgan fingerprint density at radius 2 is 1.85 bits per heavy atom. The first kappa shape index (κ1) is 20.6. The third-order valence-electron chi connectivity index (χ3n) is 3.62. The van der Waals surface area contributed by atoms with E-state index in [1.54, 1.807) is 39.0 Å². The van der Waals surface area contributed by atoms with Crippen molar-refractivity contribution < 1.29 is 32.2 Å². The number of alkyl halides is 3. The van der Waals surface area contributed by atoms with E-state index in [1.807, 2.05) is 5.32 Å². The van der Waals surface area contributed by atoms with E-state index in [2.05, 4.69) is 0 Å². The average Bonchev–Trinajstić information content (AvgIpc) is 2.90. The highest BCUT2D eigenvalue weighted by atomic mass is 19.4. The summed E-state index contributed by atoms with van der Waals surface area (Å²) in [4.78, 5) is 23.4. The largest absolute Gasteiger partial charge is 0.497 e. The number of nitrogens with zero attached hydrogens (tertiary/aromatic N) is 1. The lowest BCUT2D eigenvalue weighted by molar-refractivity contribution is -0.173. The molecule has 148 valence electrons. The Hall–Kier alpha value is -2.71. The number of nitrogens with one attached hydrogen (secondary N) is 1. The predicted octanol–water partition coefficient (Wildman–Crippen LogP) is 3.65. The van der Waals surface area contributed by atoms with Gasteiger partial charge in [-0.1, -0.05) is 0 Å². The molecule has 0 unspecified atom stereocenters. The van der Waals surface area contributed by atoms with Gasteiger partial charge >= 0.3 is 18.2 Å². The molecule has 1 amide bonds. The lowest BCUT2D eigenvalue weighted by atomic mass is 10.1. The zero-order chi connectivity index (χ0) is 20.4. The summed E-state index contributed by atoms with van der Waals surface area (Å²) in [7, 11) is 1.48. The highest BCUT2D eigenvalue weighted by Gasteiger charge is 2.38. The van der Waals surface area contributed by atoms with Crippen molar-refractivity contribution in [2.24, 2.45) is 0 Å². The number of amides is 1. The standard InChI is InChI=1S/C18H21F3N2O4/c1-17(2,3)27-16(25)23-10-11(7-8-22-15(24)18(19,20)21)13-9-12(26-4)5-6-14(13)23/h5-6,9-10H,7-8H2,1-4H3,(H,22,24). The number of ether oxygens (including phenoxy) is 2. The number of fused-ring (bicyclic) bond motifs is 1. The Balaban J connectivity index is 2.31. The fourth-order valence-electron chi connectivity index (χ4n) is 2.48. The van der Waals surface area contributed by atoms with Crippen LogP contribution in [0.3, 0.4) is 0 Å². The molecule has 0 bridgehead atoms. The molecule has 0 aliphatic carbocycles. The van der Waals surface area contributed by atoms with Crippen LogP contribution >= 0.6 is 0 Å². The van der Waals surface area contributed by atoms with Crippen molar-refractivity contribution in [3.05, 3.63) is 30.0 Å². The van der Waals surface area contributed by atoms with Crippen LogP contribution in [0.4, 0.5) is 18.0 Å². The summed E-state index contributed by atoms with van der Waals surface area (Å²) >= 11 is 0. The van der Waals surface area contributed by atoms with Gasteiger partial charge in [-0.05, 0) is 51.0 Å². The van der Waals surface area contributed by atoms with E-state index in [4.69, 9.17) is 9.47 Å². The number of carbonyl (C=O) groups excluding carboxylic acids is 2. The first-order chi connectivity index (χ1) is 12.4. The molecule has 1 aromatic heterocycles. The summed E-state index contributed by atoms with van der Waals surface area (Å²) < 4.78 is 48.7. The van der Waals surface area contributed by atoms with Crippen molar-refractivity contribution in [2.45, 2.75) is 39.0 Å². The molecule has 1 heterocycles. The van der Waals surface area contributed by atoms with Crippen molar-refractivity contribution in [3.63, 3.8) is 0 Å². The minimum absolute atomic E-state index is 0.0985. The van der Waals surface area contributed by atoms with Gasteiger partial charge in [0, 0.05) is 18.1 Å². The lowest BCUT2D eigenvalue weighted by Gasteiger charge is -2.19. The Kier molecular flexibility index (Phi) is 5.72. The zero-order valence-electron chi connectivity index (χ0n) is 15.4. The van der Waals surface area contributed by atoms with Gasteiger partial charge in [-0.2, -0.15) is 13.2 Å². The molecular formula is C18H21F3N2O4. The van der Waals surface area contributed by atoms with Gasteiger partial charge in [-0.15, -0.1) is 0 Å². The number of hydrogen-bond donors (Lipinski definition) is 1. The molecule has 0 fully saturated rings. The minimum atomic E-state index is -4.94.